The standard InChI is InChI=1S/C13H19NO6S/c1-2-20-9-10-21(18,19)14(7-8-15)12-5-3-11(4-6-12)13(16)17/h3-6,15H,2,7-10H2,1H3,(H,16,17). The number of hydrogen-bond acceptors (Lipinski definition) is 5. The fourth-order valence-electron chi connectivity index (χ4n) is 1.71. The number of carboxylic acid groups (broad SMARTS) is 1. The molecule has 0 spiro atoms. The van der Waals surface area contributed by atoms with E-state index in [4.69, 9.17) is 14.9 Å². The summed E-state index contributed by atoms with van der Waals surface area (Å²) >= 11 is 0. The minimum Gasteiger partial charge on any atom is -0.478 e. The van der Waals surface area contributed by atoms with Gasteiger partial charge in [0.15, 0.2) is 0 Å². The van der Waals surface area contributed by atoms with E-state index >= 15 is 0 Å². The van der Waals surface area contributed by atoms with Crippen molar-refractivity contribution in [1.82, 2.24) is 0 Å². The summed E-state index contributed by atoms with van der Waals surface area (Å²) in [6.07, 6.45) is 0. The highest BCUT2D eigenvalue weighted by atomic mass is 32.2. The lowest BCUT2D eigenvalue weighted by atomic mass is 10.2. The highest BCUT2D eigenvalue weighted by molar-refractivity contribution is 7.92. The van der Waals surface area contributed by atoms with E-state index in [-0.39, 0.29) is 31.1 Å². The van der Waals surface area contributed by atoms with Gasteiger partial charge < -0.3 is 14.9 Å². The quantitative estimate of drug-likeness (QED) is 0.645. The summed E-state index contributed by atoms with van der Waals surface area (Å²) in [7, 11) is -3.64. The van der Waals surface area contributed by atoms with E-state index in [2.05, 4.69) is 0 Å². The molecular weight excluding hydrogens is 298 g/mol. The first-order chi connectivity index (χ1) is 9.92. The average Bonchev–Trinajstić information content (AvgIpc) is 2.45. The Morgan fingerprint density at radius 2 is 1.90 bits per heavy atom. The van der Waals surface area contributed by atoms with Gasteiger partial charge in [-0.3, -0.25) is 4.31 Å². The maximum Gasteiger partial charge on any atom is 0.335 e. The number of aliphatic hydroxyl groups is 1. The molecule has 0 saturated carbocycles. The van der Waals surface area contributed by atoms with Crippen molar-refractivity contribution in [2.24, 2.45) is 0 Å². The molecule has 0 aliphatic heterocycles. The van der Waals surface area contributed by atoms with E-state index in [1.807, 2.05) is 0 Å². The van der Waals surface area contributed by atoms with Crippen molar-refractivity contribution in [3.63, 3.8) is 0 Å². The molecule has 21 heavy (non-hydrogen) atoms. The fraction of sp³-hybridized carbons (Fsp3) is 0.462. The van der Waals surface area contributed by atoms with Crippen molar-refractivity contribution in [3.8, 4) is 0 Å². The van der Waals surface area contributed by atoms with E-state index in [0.29, 0.717) is 12.3 Å². The van der Waals surface area contributed by atoms with Gasteiger partial charge >= 0.3 is 5.97 Å². The van der Waals surface area contributed by atoms with Crippen LogP contribution in [0.4, 0.5) is 5.69 Å². The molecule has 0 heterocycles. The van der Waals surface area contributed by atoms with Gasteiger partial charge in [-0.05, 0) is 31.2 Å². The predicted octanol–water partition coefficient (Wildman–Crippen LogP) is 0.550. The third-order valence-electron chi connectivity index (χ3n) is 2.73. The minimum absolute atomic E-state index is 0.0635. The van der Waals surface area contributed by atoms with Crippen molar-refractivity contribution in [3.05, 3.63) is 29.8 Å². The molecule has 0 saturated heterocycles. The smallest absolute Gasteiger partial charge is 0.335 e. The molecule has 0 radical (unpaired) electrons. The SMILES string of the molecule is CCOCCS(=O)(=O)N(CCO)c1ccc(C(=O)O)cc1. The summed E-state index contributed by atoms with van der Waals surface area (Å²) in [5, 5.41) is 17.9. The van der Waals surface area contributed by atoms with Gasteiger partial charge in [0.2, 0.25) is 10.0 Å². The van der Waals surface area contributed by atoms with Gasteiger partial charge in [-0.1, -0.05) is 0 Å². The number of carboxylic acids is 1. The lowest BCUT2D eigenvalue weighted by Gasteiger charge is -2.23. The third kappa shape index (κ3) is 5.00. The number of hydrogen-bond donors (Lipinski definition) is 2. The lowest BCUT2D eigenvalue weighted by Crippen LogP contribution is -2.36. The monoisotopic (exact) mass is 317 g/mol. The maximum atomic E-state index is 12.2. The number of ether oxygens (including phenoxy) is 1. The summed E-state index contributed by atoms with van der Waals surface area (Å²) in [6.45, 7) is 1.81. The van der Waals surface area contributed by atoms with Crippen LogP contribution in [0.2, 0.25) is 0 Å². The number of sulfonamides is 1. The number of aliphatic hydroxyl groups excluding tert-OH is 1. The number of nitrogens with zero attached hydrogens (tertiary/aromatic N) is 1. The van der Waals surface area contributed by atoms with Crippen molar-refractivity contribution >= 4 is 21.7 Å². The van der Waals surface area contributed by atoms with Gasteiger partial charge in [0.1, 0.15) is 0 Å². The molecular formula is C13H19NO6S. The molecule has 7 nitrogen and oxygen atoms in total. The Hall–Kier alpha value is -1.64. The summed E-state index contributed by atoms with van der Waals surface area (Å²) in [5.41, 5.74) is 0.375. The Kier molecular flexibility index (Phi) is 6.60. The van der Waals surface area contributed by atoms with E-state index in [1.54, 1.807) is 6.92 Å². The second kappa shape index (κ2) is 7.96. The van der Waals surface area contributed by atoms with E-state index < -0.39 is 16.0 Å². The summed E-state index contributed by atoms with van der Waals surface area (Å²) in [5.74, 6) is -1.30. The molecule has 0 aromatic heterocycles. The molecule has 0 atom stereocenters. The molecule has 0 fully saturated rings. The molecule has 1 aromatic carbocycles. The number of anilines is 1. The first-order valence-corrected chi connectivity index (χ1v) is 8.05. The third-order valence-corrected chi connectivity index (χ3v) is 4.48. The van der Waals surface area contributed by atoms with Crippen LogP contribution in [0.5, 0.6) is 0 Å². The Balaban J connectivity index is 2.97. The summed E-state index contributed by atoms with van der Waals surface area (Å²) in [4.78, 5) is 10.8. The van der Waals surface area contributed by atoms with Gasteiger partial charge in [-0.2, -0.15) is 0 Å². The highest BCUT2D eigenvalue weighted by Gasteiger charge is 2.22. The topological polar surface area (TPSA) is 104 Å². The first-order valence-electron chi connectivity index (χ1n) is 6.44. The molecule has 0 aliphatic carbocycles. The number of carbonyl (C=O) groups is 1. The van der Waals surface area contributed by atoms with Crippen LogP contribution in [-0.2, 0) is 14.8 Å². The van der Waals surface area contributed by atoms with Crippen molar-refractivity contribution < 1.29 is 28.2 Å². The van der Waals surface area contributed by atoms with Gasteiger partial charge in [0.05, 0.1) is 36.8 Å². The maximum absolute atomic E-state index is 12.2. The minimum atomic E-state index is -3.64. The molecule has 8 heteroatoms. The normalized spacial score (nSPS) is 11.3. The Labute approximate surface area is 123 Å². The second-order valence-electron chi connectivity index (χ2n) is 4.16. The van der Waals surface area contributed by atoms with E-state index in [1.165, 1.54) is 24.3 Å². The van der Waals surface area contributed by atoms with Crippen molar-refractivity contribution in [2.45, 2.75) is 6.92 Å². The lowest BCUT2D eigenvalue weighted by molar-refractivity contribution is 0.0697. The number of benzene rings is 1. The largest absolute Gasteiger partial charge is 0.478 e. The van der Waals surface area contributed by atoms with Gasteiger partial charge in [-0.25, -0.2) is 13.2 Å². The average molecular weight is 317 g/mol. The zero-order chi connectivity index (χ0) is 15.9. The van der Waals surface area contributed by atoms with Crippen LogP contribution in [0.3, 0.4) is 0 Å². The number of rotatable bonds is 9. The van der Waals surface area contributed by atoms with Crippen LogP contribution in [0.25, 0.3) is 0 Å². The molecule has 2 N–H and O–H groups in total. The zero-order valence-corrected chi connectivity index (χ0v) is 12.5. The second-order valence-corrected chi connectivity index (χ2v) is 6.17. The predicted molar refractivity (Wildman–Crippen MR) is 78.1 cm³/mol. The van der Waals surface area contributed by atoms with Crippen LogP contribution in [0, 0.1) is 0 Å². The Morgan fingerprint density at radius 1 is 1.29 bits per heavy atom. The number of aromatic carboxylic acids is 1. The molecule has 0 unspecified atom stereocenters. The highest BCUT2D eigenvalue weighted by Crippen LogP contribution is 2.19. The zero-order valence-electron chi connectivity index (χ0n) is 11.7. The molecule has 0 amide bonds. The van der Waals surface area contributed by atoms with Crippen LogP contribution in [-0.4, -0.2) is 56.7 Å². The molecule has 118 valence electrons. The summed E-state index contributed by atoms with van der Waals surface area (Å²) in [6, 6.07) is 5.44. The van der Waals surface area contributed by atoms with Crippen LogP contribution in [0.1, 0.15) is 17.3 Å². The molecule has 0 bridgehead atoms. The van der Waals surface area contributed by atoms with Gasteiger partial charge in [-0.15, -0.1) is 0 Å². The first kappa shape index (κ1) is 17.4. The summed E-state index contributed by atoms with van der Waals surface area (Å²) < 4.78 is 30.6. The Bertz CT molecular complexity index is 555. The fourth-order valence-corrected chi connectivity index (χ4v) is 3.06. The van der Waals surface area contributed by atoms with Crippen LogP contribution in [0.15, 0.2) is 24.3 Å². The van der Waals surface area contributed by atoms with E-state index in [9.17, 15) is 13.2 Å². The van der Waals surface area contributed by atoms with Gasteiger partial charge in [0, 0.05) is 6.61 Å². The van der Waals surface area contributed by atoms with Crippen molar-refractivity contribution in [1.29, 1.82) is 0 Å². The molecule has 1 aromatic rings. The Morgan fingerprint density at radius 3 is 2.38 bits per heavy atom. The van der Waals surface area contributed by atoms with E-state index in [0.717, 1.165) is 4.31 Å². The molecule has 1 rings (SSSR count). The molecule has 0 aliphatic rings. The van der Waals surface area contributed by atoms with Crippen LogP contribution >= 0.6 is 0 Å². The van der Waals surface area contributed by atoms with Gasteiger partial charge in [0.25, 0.3) is 0 Å². The van der Waals surface area contributed by atoms with Crippen molar-refractivity contribution in [2.75, 3.05) is 36.4 Å². The van der Waals surface area contributed by atoms with Crippen LogP contribution < -0.4 is 4.31 Å².